The highest BCUT2D eigenvalue weighted by Crippen LogP contribution is 2.25. The zero-order chi connectivity index (χ0) is 21.2. The molecule has 0 radical (unpaired) electrons. The molecule has 0 aliphatic carbocycles. The summed E-state index contributed by atoms with van der Waals surface area (Å²) in [5.74, 6) is 1.63. The van der Waals surface area contributed by atoms with E-state index in [0.717, 1.165) is 28.3 Å². The second kappa shape index (κ2) is 8.06. The molecule has 1 aliphatic heterocycles. The fourth-order valence-corrected chi connectivity index (χ4v) is 3.88. The van der Waals surface area contributed by atoms with E-state index < -0.39 is 0 Å². The topological polar surface area (TPSA) is 76.4 Å². The number of carbonyl (C=O) groups is 1. The number of piperazine rings is 1. The summed E-state index contributed by atoms with van der Waals surface area (Å²) in [7, 11) is 1.61. The van der Waals surface area contributed by atoms with Crippen LogP contribution in [0.3, 0.4) is 0 Å². The summed E-state index contributed by atoms with van der Waals surface area (Å²) in [5.41, 5.74) is 2.40. The van der Waals surface area contributed by atoms with E-state index in [-0.39, 0.29) is 5.91 Å². The molecule has 156 valence electrons. The highest BCUT2D eigenvalue weighted by Gasteiger charge is 2.25. The number of aromatic nitrogens is 4. The number of hydrogen-bond donors (Lipinski definition) is 0. The predicted molar refractivity (Wildman–Crippen MR) is 118 cm³/mol. The van der Waals surface area contributed by atoms with Crippen molar-refractivity contribution < 1.29 is 9.53 Å². The second-order valence-corrected chi connectivity index (χ2v) is 7.33. The molecule has 0 N–H and O–H groups in total. The number of fused-ring (bicyclic) bond motifs is 1. The summed E-state index contributed by atoms with van der Waals surface area (Å²) in [5, 5.41) is 5.43. The fourth-order valence-electron chi connectivity index (χ4n) is 3.88. The van der Waals surface area contributed by atoms with Crippen LogP contribution in [-0.4, -0.2) is 63.8 Å². The number of rotatable bonds is 4. The predicted octanol–water partition coefficient (Wildman–Crippen LogP) is 2.79. The van der Waals surface area contributed by atoms with Crippen LogP contribution in [0.25, 0.3) is 16.7 Å². The molecule has 5 rings (SSSR count). The lowest BCUT2D eigenvalue weighted by Gasteiger charge is -2.35. The Kier molecular flexibility index (Phi) is 4.95. The van der Waals surface area contributed by atoms with Gasteiger partial charge in [-0.25, -0.2) is 14.6 Å². The molecule has 0 atom stereocenters. The lowest BCUT2D eigenvalue weighted by Crippen LogP contribution is -2.49. The van der Waals surface area contributed by atoms with Crippen LogP contribution in [0.15, 0.2) is 67.1 Å². The lowest BCUT2D eigenvalue weighted by molar-refractivity contribution is 0.0746. The SMILES string of the molecule is COc1ccc(C(=O)N2CCN(c3ncnc4c3cnn4-c3ccccc3)CC2)cc1. The third-order valence-electron chi connectivity index (χ3n) is 5.55. The van der Waals surface area contributed by atoms with E-state index in [9.17, 15) is 4.79 Å². The Morgan fingerprint density at radius 2 is 1.68 bits per heavy atom. The molecule has 0 bridgehead atoms. The number of amides is 1. The molecule has 1 amide bonds. The first kappa shape index (κ1) is 19.0. The smallest absolute Gasteiger partial charge is 0.253 e. The number of methoxy groups -OCH3 is 1. The lowest BCUT2D eigenvalue weighted by atomic mass is 10.1. The molecule has 3 heterocycles. The minimum absolute atomic E-state index is 0.0343. The Morgan fingerprint density at radius 3 is 2.39 bits per heavy atom. The average molecular weight is 414 g/mol. The van der Waals surface area contributed by atoms with E-state index in [0.29, 0.717) is 31.7 Å². The van der Waals surface area contributed by atoms with Gasteiger partial charge in [-0.1, -0.05) is 18.2 Å². The fraction of sp³-hybridized carbons (Fsp3) is 0.217. The van der Waals surface area contributed by atoms with Gasteiger partial charge in [0.05, 0.1) is 24.4 Å². The van der Waals surface area contributed by atoms with Gasteiger partial charge in [-0.15, -0.1) is 0 Å². The first-order valence-electron chi connectivity index (χ1n) is 10.2. The van der Waals surface area contributed by atoms with E-state index >= 15 is 0 Å². The molecule has 2 aromatic carbocycles. The first-order chi connectivity index (χ1) is 15.2. The number of benzene rings is 2. The van der Waals surface area contributed by atoms with Crippen LogP contribution in [0.4, 0.5) is 5.82 Å². The summed E-state index contributed by atoms with van der Waals surface area (Å²) < 4.78 is 7.00. The van der Waals surface area contributed by atoms with Crippen LogP contribution in [0, 0.1) is 0 Å². The minimum atomic E-state index is 0.0343. The molecular formula is C23H22N6O2. The Balaban J connectivity index is 1.33. The van der Waals surface area contributed by atoms with Crippen LogP contribution in [0.1, 0.15) is 10.4 Å². The van der Waals surface area contributed by atoms with E-state index in [2.05, 4.69) is 20.0 Å². The Bertz CT molecular complexity index is 1200. The van der Waals surface area contributed by atoms with E-state index in [1.807, 2.05) is 58.2 Å². The van der Waals surface area contributed by atoms with Crippen molar-refractivity contribution in [3.05, 3.63) is 72.7 Å². The van der Waals surface area contributed by atoms with Crippen molar-refractivity contribution >= 4 is 22.8 Å². The maximum atomic E-state index is 12.8. The van der Waals surface area contributed by atoms with E-state index in [1.165, 1.54) is 0 Å². The normalized spacial score (nSPS) is 14.1. The zero-order valence-electron chi connectivity index (χ0n) is 17.2. The number of nitrogens with zero attached hydrogens (tertiary/aromatic N) is 6. The minimum Gasteiger partial charge on any atom is -0.497 e. The molecular weight excluding hydrogens is 392 g/mol. The van der Waals surface area contributed by atoms with Crippen molar-refractivity contribution in [2.45, 2.75) is 0 Å². The largest absolute Gasteiger partial charge is 0.497 e. The van der Waals surface area contributed by atoms with Gasteiger partial charge in [-0.3, -0.25) is 4.79 Å². The Labute approximate surface area is 179 Å². The standard InChI is InChI=1S/C23H22N6O2/c1-31-19-9-7-17(8-10-19)23(30)28-13-11-27(12-14-28)21-20-15-26-29(22(20)25-16-24-21)18-5-3-2-4-6-18/h2-10,15-16H,11-14H2,1H3. The molecule has 0 saturated carbocycles. The van der Waals surface area contributed by atoms with Crippen LogP contribution < -0.4 is 9.64 Å². The quantitative estimate of drug-likeness (QED) is 0.511. The Morgan fingerprint density at radius 1 is 0.935 bits per heavy atom. The van der Waals surface area contributed by atoms with Crippen LogP contribution in [0.5, 0.6) is 5.75 Å². The van der Waals surface area contributed by atoms with Crippen LogP contribution >= 0.6 is 0 Å². The molecule has 0 unspecified atom stereocenters. The molecule has 31 heavy (non-hydrogen) atoms. The average Bonchev–Trinajstić information content (AvgIpc) is 3.29. The maximum Gasteiger partial charge on any atom is 0.253 e. The Hall–Kier alpha value is -3.94. The number of carbonyl (C=O) groups excluding carboxylic acids is 1. The summed E-state index contributed by atoms with van der Waals surface area (Å²) in [6.07, 6.45) is 3.39. The van der Waals surface area contributed by atoms with Gasteiger partial charge < -0.3 is 14.5 Å². The van der Waals surface area contributed by atoms with Crippen molar-refractivity contribution in [2.24, 2.45) is 0 Å². The van der Waals surface area contributed by atoms with Crippen LogP contribution in [-0.2, 0) is 0 Å². The maximum absolute atomic E-state index is 12.8. The van der Waals surface area contributed by atoms with Crippen molar-refractivity contribution in [3.63, 3.8) is 0 Å². The van der Waals surface area contributed by atoms with Crippen molar-refractivity contribution in [3.8, 4) is 11.4 Å². The molecule has 2 aromatic heterocycles. The van der Waals surface area contributed by atoms with Gasteiger partial charge in [0.1, 0.15) is 17.9 Å². The molecule has 1 fully saturated rings. The van der Waals surface area contributed by atoms with Crippen molar-refractivity contribution in [2.75, 3.05) is 38.2 Å². The number of anilines is 1. The summed E-state index contributed by atoms with van der Waals surface area (Å²) in [4.78, 5) is 25.9. The molecule has 8 nitrogen and oxygen atoms in total. The molecule has 8 heteroatoms. The van der Waals surface area contributed by atoms with E-state index in [1.54, 1.807) is 25.6 Å². The second-order valence-electron chi connectivity index (χ2n) is 7.33. The van der Waals surface area contributed by atoms with Gasteiger partial charge in [-0.05, 0) is 36.4 Å². The van der Waals surface area contributed by atoms with Crippen LogP contribution in [0.2, 0.25) is 0 Å². The molecule has 4 aromatic rings. The monoisotopic (exact) mass is 414 g/mol. The third kappa shape index (κ3) is 3.56. The molecule has 1 saturated heterocycles. The summed E-state index contributed by atoms with van der Waals surface area (Å²) in [6.45, 7) is 2.65. The van der Waals surface area contributed by atoms with Crippen molar-refractivity contribution in [1.29, 1.82) is 0 Å². The van der Waals surface area contributed by atoms with Gasteiger partial charge in [0.2, 0.25) is 0 Å². The van der Waals surface area contributed by atoms with Gasteiger partial charge in [0, 0.05) is 31.7 Å². The van der Waals surface area contributed by atoms with Gasteiger partial charge in [0.25, 0.3) is 5.91 Å². The first-order valence-corrected chi connectivity index (χ1v) is 10.2. The highest BCUT2D eigenvalue weighted by atomic mass is 16.5. The molecule has 0 spiro atoms. The number of para-hydroxylation sites is 1. The van der Waals surface area contributed by atoms with Crippen molar-refractivity contribution in [1.82, 2.24) is 24.6 Å². The van der Waals surface area contributed by atoms with E-state index in [4.69, 9.17) is 4.74 Å². The summed E-state index contributed by atoms with van der Waals surface area (Å²) in [6, 6.07) is 17.2. The summed E-state index contributed by atoms with van der Waals surface area (Å²) >= 11 is 0. The third-order valence-corrected chi connectivity index (χ3v) is 5.55. The van der Waals surface area contributed by atoms with Gasteiger partial charge in [-0.2, -0.15) is 5.10 Å². The molecule has 1 aliphatic rings. The number of hydrogen-bond acceptors (Lipinski definition) is 6. The zero-order valence-corrected chi connectivity index (χ0v) is 17.2. The van der Waals surface area contributed by atoms with Gasteiger partial charge in [0.15, 0.2) is 5.65 Å². The van der Waals surface area contributed by atoms with Gasteiger partial charge >= 0.3 is 0 Å². The highest BCUT2D eigenvalue weighted by molar-refractivity contribution is 5.94. The number of ether oxygens (including phenoxy) is 1.